The average Bonchev–Trinajstić information content (AvgIpc) is 3.69. The first kappa shape index (κ1) is 29.5. The van der Waals surface area contributed by atoms with Crippen molar-refractivity contribution < 1.29 is 4.42 Å². The molecule has 2 heterocycles. The maximum absolute atomic E-state index is 6.90. The Kier molecular flexibility index (Phi) is 6.74. The van der Waals surface area contributed by atoms with Gasteiger partial charge in [0, 0.05) is 10.8 Å². The number of hydrogen-bond acceptors (Lipinski definition) is 2. The number of nitrogens with zero attached hydrogens (tertiary/aromatic N) is 2. The molecule has 0 amide bonds. The van der Waals surface area contributed by atoms with Crippen LogP contribution in [0.3, 0.4) is 0 Å². The van der Waals surface area contributed by atoms with Crippen LogP contribution in [0.15, 0.2) is 132 Å². The fourth-order valence-electron chi connectivity index (χ4n) is 7.77. The third-order valence-corrected chi connectivity index (χ3v) is 10.2. The molecular formula is C46H38N2O. The van der Waals surface area contributed by atoms with Gasteiger partial charge in [0.05, 0.1) is 22.3 Å². The SMILES string of the molecule is Cc1ccc(-c2nc3ccccc3n2-c2c(C(C)C)cc(-c3ccccc3)cc2C(C)C)c2oc3cc4ccc5ccccc5c4cc3c12. The predicted octanol–water partition coefficient (Wildman–Crippen LogP) is 13.1. The number of imidazole rings is 1. The molecule has 238 valence electrons. The Morgan fingerprint density at radius 3 is 2.06 bits per heavy atom. The monoisotopic (exact) mass is 634 g/mol. The van der Waals surface area contributed by atoms with Crippen molar-refractivity contribution in [3.8, 4) is 28.2 Å². The number of aromatic nitrogens is 2. The fourth-order valence-corrected chi connectivity index (χ4v) is 7.77. The molecule has 0 unspecified atom stereocenters. The van der Waals surface area contributed by atoms with Crippen LogP contribution in [-0.4, -0.2) is 9.55 Å². The molecular weight excluding hydrogens is 597 g/mol. The van der Waals surface area contributed by atoms with Crippen LogP contribution in [-0.2, 0) is 0 Å². The van der Waals surface area contributed by atoms with Crippen molar-refractivity contribution in [1.29, 1.82) is 0 Å². The van der Waals surface area contributed by atoms with E-state index in [2.05, 4.69) is 167 Å². The van der Waals surface area contributed by atoms with Crippen LogP contribution in [0.25, 0.3) is 82.7 Å². The van der Waals surface area contributed by atoms with Gasteiger partial charge in [-0.15, -0.1) is 0 Å². The average molecular weight is 635 g/mol. The molecule has 2 aromatic heterocycles. The molecule has 9 rings (SSSR count). The molecule has 0 fully saturated rings. The minimum atomic E-state index is 0.289. The van der Waals surface area contributed by atoms with Gasteiger partial charge in [-0.3, -0.25) is 4.57 Å². The Hall–Kier alpha value is -5.67. The number of fused-ring (bicyclic) bond motifs is 7. The zero-order valence-corrected chi connectivity index (χ0v) is 28.6. The van der Waals surface area contributed by atoms with Crippen LogP contribution in [0.5, 0.6) is 0 Å². The first-order valence-electron chi connectivity index (χ1n) is 17.4. The van der Waals surface area contributed by atoms with Crippen LogP contribution in [0.2, 0.25) is 0 Å². The number of benzene rings is 7. The van der Waals surface area contributed by atoms with Gasteiger partial charge in [-0.2, -0.15) is 0 Å². The summed E-state index contributed by atoms with van der Waals surface area (Å²) in [6.45, 7) is 11.4. The molecule has 3 nitrogen and oxygen atoms in total. The van der Waals surface area contributed by atoms with Gasteiger partial charge in [-0.1, -0.05) is 113 Å². The normalized spacial score (nSPS) is 12.1. The van der Waals surface area contributed by atoms with Crippen molar-refractivity contribution in [2.24, 2.45) is 0 Å². The number of para-hydroxylation sites is 2. The van der Waals surface area contributed by atoms with Crippen LogP contribution < -0.4 is 0 Å². The van der Waals surface area contributed by atoms with Gasteiger partial charge in [-0.25, -0.2) is 4.98 Å². The molecule has 0 aliphatic rings. The summed E-state index contributed by atoms with van der Waals surface area (Å²) in [6, 6.07) is 46.0. The summed E-state index contributed by atoms with van der Waals surface area (Å²) in [5.74, 6) is 1.48. The summed E-state index contributed by atoms with van der Waals surface area (Å²) >= 11 is 0. The van der Waals surface area contributed by atoms with E-state index in [0.717, 1.165) is 44.4 Å². The molecule has 0 atom stereocenters. The quantitative estimate of drug-likeness (QED) is 0.176. The second-order valence-electron chi connectivity index (χ2n) is 14.0. The summed E-state index contributed by atoms with van der Waals surface area (Å²) in [5.41, 5.74) is 12.3. The van der Waals surface area contributed by atoms with E-state index in [1.165, 1.54) is 55.0 Å². The van der Waals surface area contributed by atoms with Gasteiger partial charge in [0.25, 0.3) is 0 Å². The van der Waals surface area contributed by atoms with E-state index < -0.39 is 0 Å². The summed E-state index contributed by atoms with van der Waals surface area (Å²) < 4.78 is 9.32. The van der Waals surface area contributed by atoms with E-state index >= 15 is 0 Å². The van der Waals surface area contributed by atoms with Crippen molar-refractivity contribution in [2.45, 2.75) is 46.5 Å². The molecule has 7 aromatic carbocycles. The second-order valence-corrected chi connectivity index (χ2v) is 14.0. The predicted molar refractivity (Wildman–Crippen MR) is 207 cm³/mol. The molecule has 0 aliphatic heterocycles. The number of furan rings is 1. The van der Waals surface area contributed by atoms with Crippen molar-refractivity contribution in [3.63, 3.8) is 0 Å². The van der Waals surface area contributed by atoms with Gasteiger partial charge in [0.2, 0.25) is 0 Å². The standard InChI is InChI=1S/C46H38N2O/c1-27(2)36-23-33(30-13-7-6-8-14-30)24-37(28(3)4)44(36)48-41-18-12-11-17-40(41)47-46(48)35-22-19-29(5)43-39-26-38-32(25-42(39)49-45(35)43)21-20-31-15-9-10-16-34(31)38/h6-28H,1-5H3. The minimum absolute atomic E-state index is 0.289. The maximum atomic E-state index is 6.90. The second kappa shape index (κ2) is 11.2. The molecule has 0 saturated carbocycles. The Morgan fingerprint density at radius 2 is 1.29 bits per heavy atom. The number of aryl methyl sites for hydroxylation is 1. The Balaban J connectivity index is 1.37. The van der Waals surface area contributed by atoms with Crippen LogP contribution in [0.4, 0.5) is 0 Å². The molecule has 0 saturated heterocycles. The summed E-state index contributed by atoms with van der Waals surface area (Å²) in [4.78, 5) is 5.39. The van der Waals surface area contributed by atoms with Gasteiger partial charge in [0.1, 0.15) is 17.0 Å². The molecule has 0 bridgehead atoms. The van der Waals surface area contributed by atoms with E-state index in [-0.39, 0.29) is 11.8 Å². The summed E-state index contributed by atoms with van der Waals surface area (Å²) in [7, 11) is 0. The summed E-state index contributed by atoms with van der Waals surface area (Å²) in [6.07, 6.45) is 0. The smallest absolute Gasteiger partial charge is 0.149 e. The molecule has 49 heavy (non-hydrogen) atoms. The van der Waals surface area contributed by atoms with Crippen LogP contribution in [0, 0.1) is 6.92 Å². The van der Waals surface area contributed by atoms with E-state index in [1.54, 1.807) is 0 Å². The molecule has 0 N–H and O–H groups in total. The first-order chi connectivity index (χ1) is 23.9. The lowest BCUT2D eigenvalue weighted by Crippen LogP contribution is -2.09. The number of hydrogen-bond donors (Lipinski definition) is 0. The largest absolute Gasteiger partial charge is 0.455 e. The van der Waals surface area contributed by atoms with E-state index in [9.17, 15) is 0 Å². The zero-order valence-electron chi connectivity index (χ0n) is 28.6. The van der Waals surface area contributed by atoms with Crippen molar-refractivity contribution in [2.75, 3.05) is 0 Å². The Morgan fingerprint density at radius 1 is 0.592 bits per heavy atom. The van der Waals surface area contributed by atoms with E-state index in [1.807, 2.05) is 0 Å². The highest BCUT2D eigenvalue weighted by Crippen LogP contribution is 2.44. The van der Waals surface area contributed by atoms with Crippen molar-refractivity contribution in [3.05, 3.63) is 144 Å². The molecule has 0 radical (unpaired) electrons. The van der Waals surface area contributed by atoms with Gasteiger partial charge in [0.15, 0.2) is 0 Å². The minimum Gasteiger partial charge on any atom is -0.455 e. The Bertz CT molecular complexity index is 2700. The highest BCUT2D eigenvalue weighted by atomic mass is 16.3. The fraction of sp³-hybridized carbons (Fsp3) is 0.152. The lowest BCUT2D eigenvalue weighted by molar-refractivity contribution is 0.670. The van der Waals surface area contributed by atoms with Crippen molar-refractivity contribution >= 4 is 54.5 Å². The topological polar surface area (TPSA) is 31.0 Å². The first-order valence-corrected chi connectivity index (χ1v) is 17.4. The van der Waals surface area contributed by atoms with E-state index in [4.69, 9.17) is 9.40 Å². The molecule has 9 aromatic rings. The summed E-state index contributed by atoms with van der Waals surface area (Å²) in [5, 5.41) is 7.21. The molecule has 0 spiro atoms. The molecule has 3 heteroatoms. The molecule has 0 aliphatic carbocycles. The van der Waals surface area contributed by atoms with Gasteiger partial charge in [-0.05, 0) is 111 Å². The highest BCUT2D eigenvalue weighted by Gasteiger charge is 2.26. The van der Waals surface area contributed by atoms with E-state index in [0.29, 0.717) is 0 Å². The van der Waals surface area contributed by atoms with Crippen molar-refractivity contribution in [1.82, 2.24) is 9.55 Å². The third kappa shape index (κ3) is 4.60. The van der Waals surface area contributed by atoms with Gasteiger partial charge < -0.3 is 4.42 Å². The zero-order chi connectivity index (χ0) is 33.4. The lowest BCUT2D eigenvalue weighted by Gasteiger charge is -2.24. The van der Waals surface area contributed by atoms with Gasteiger partial charge >= 0.3 is 0 Å². The number of rotatable bonds is 5. The van der Waals surface area contributed by atoms with Crippen LogP contribution in [0.1, 0.15) is 56.2 Å². The highest BCUT2D eigenvalue weighted by molar-refractivity contribution is 6.18. The Labute approximate surface area is 286 Å². The van der Waals surface area contributed by atoms with Crippen LogP contribution >= 0.6 is 0 Å². The third-order valence-electron chi connectivity index (χ3n) is 10.2. The maximum Gasteiger partial charge on any atom is 0.149 e. The lowest BCUT2D eigenvalue weighted by atomic mass is 9.88.